The Morgan fingerprint density at radius 2 is 1.56 bits per heavy atom. The van der Waals surface area contributed by atoms with Crippen molar-refractivity contribution in [3.63, 3.8) is 0 Å². The lowest BCUT2D eigenvalue weighted by Gasteiger charge is -2.41. The second-order valence-corrected chi connectivity index (χ2v) is 12.6. The number of anilines is 1. The summed E-state index contributed by atoms with van der Waals surface area (Å²) in [4.78, 5) is 50.1. The monoisotopic (exact) mass is 993 g/mol. The van der Waals surface area contributed by atoms with Crippen molar-refractivity contribution in [2.24, 2.45) is 0 Å². The van der Waals surface area contributed by atoms with Crippen LogP contribution in [0.15, 0.2) is 85.5 Å². The fourth-order valence-corrected chi connectivity index (χ4v) is 5.69. The minimum atomic E-state index is -0.874. The van der Waals surface area contributed by atoms with Gasteiger partial charge in [0.2, 0.25) is 12.2 Å². The van der Waals surface area contributed by atoms with Crippen molar-refractivity contribution in [2.75, 3.05) is 23.2 Å². The van der Waals surface area contributed by atoms with Gasteiger partial charge in [0, 0.05) is 35.9 Å². The second kappa shape index (κ2) is 26.6. The van der Waals surface area contributed by atoms with Gasteiger partial charge in [-0.25, -0.2) is 9.18 Å². The molecule has 0 bridgehead atoms. The van der Waals surface area contributed by atoms with E-state index in [4.69, 9.17) is 23.7 Å². The number of ether oxygens (including phenoxy) is 5. The van der Waals surface area contributed by atoms with E-state index in [1.165, 1.54) is 33.1 Å². The fraction of sp³-hybridized carbons (Fsp3) is 0.400. The molecule has 2 heterocycles. The molecule has 1 amide bonds. The highest BCUT2D eigenvalue weighted by Crippen LogP contribution is 2.39. The Bertz CT molecular complexity index is 1590. The van der Waals surface area contributed by atoms with E-state index in [9.17, 15) is 23.6 Å². The molecule has 3 aromatic carbocycles. The number of carbonyl (C=O) groups excluding carboxylic acids is 4. The maximum Gasteiger partial charge on any atom is 0.335 e. The number of rotatable bonds is 9. The Morgan fingerprint density at radius 3 is 2.04 bits per heavy atom. The van der Waals surface area contributed by atoms with E-state index in [0.29, 0.717) is 25.0 Å². The quantitative estimate of drug-likeness (QED) is 0.0426. The number of allylic oxidation sites excluding steroid dienone is 1. The summed E-state index contributed by atoms with van der Waals surface area (Å²) in [5.41, 5.74) is 2.69. The molecule has 2 unspecified atom stereocenters. The summed E-state index contributed by atoms with van der Waals surface area (Å²) < 4.78 is 40.5. The lowest BCUT2D eigenvalue weighted by atomic mass is 9.93. The Hall–Kier alpha value is -3.22. The summed E-state index contributed by atoms with van der Waals surface area (Å²) in [7, 11) is 1.28. The van der Waals surface area contributed by atoms with Gasteiger partial charge in [-0.05, 0) is 107 Å². The molecule has 5 atom stereocenters. The maximum absolute atomic E-state index is 12.6. The van der Waals surface area contributed by atoms with Gasteiger partial charge in [-0.1, -0.05) is 59.9 Å². The van der Waals surface area contributed by atoms with Gasteiger partial charge in [-0.15, -0.1) is 6.58 Å². The Kier molecular flexibility index (Phi) is 24.0. The summed E-state index contributed by atoms with van der Waals surface area (Å²) in [5.74, 6) is -0.945. The largest absolute Gasteiger partial charge is 0.467 e. The van der Waals surface area contributed by atoms with Gasteiger partial charge in [-0.3, -0.25) is 14.4 Å². The molecule has 0 radical (unpaired) electrons. The minimum Gasteiger partial charge on any atom is -0.467 e. The Labute approximate surface area is 351 Å². The molecule has 0 aliphatic carbocycles. The van der Waals surface area contributed by atoms with Crippen molar-refractivity contribution >= 4 is 87.3 Å². The van der Waals surface area contributed by atoms with Crippen LogP contribution >= 0.6 is 57.8 Å². The molecule has 3 aromatic rings. The number of methoxy groups -OCH3 is 1. The van der Waals surface area contributed by atoms with Crippen molar-refractivity contribution in [3.05, 3.63) is 106 Å². The highest BCUT2D eigenvalue weighted by molar-refractivity contribution is 14.1. The highest BCUT2D eigenvalue weighted by Gasteiger charge is 2.39. The second-order valence-electron chi connectivity index (χ2n) is 11.4. The van der Waals surface area contributed by atoms with Crippen LogP contribution in [0.3, 0.4) is 0 Å². The van der Waals surface area contributed by atoms with Crippen molar-refractivity contribution in [2.45, 2.75) is 84.0 Å². The topological polar surface area (TPSA) is 118 Å². The van der Waals surface area contributed by atoms with Crippen LogP contribution in [0.4, 0.5) is 10.1 Å². The molecule has 0 spiro atoms. The number of hydrogen-bond donors (Lipinski definition) is 1. The minimum absolute atomic E-state index is 0.0328. The van der Waals surface area contributed by atoms with Gasteiger partial charge >= 0.3 is 17.9 Å². The van der Waals surface area contributed by atoms with Crippen LogP contribution < -0.4 is 9.64 Å². The van der Waals surface area contributed by atoms with Crippen LogP contribution in [0.1, 0.15) is 76.7 Å². The number of hydrogen-bond acceptors (Lipinski definition) is 10. The molecule has 2 aliphatic rings. The van der Waals surface area contributed by atoms with E-state index >= 15 is 0 Å². The first-order valence-corrected chi connectivity index (χ1v) is 21.1. The maximum atomic E-state index is 12.6. The van der Waals surface area contributed by atoms with Gasteiger partial charge in [-0.2, -0.15) is 12.6 Å². The molecule has 10 nitrogen and oxygen atoms in total. The van der Waals surface area contributed by atoms with Crippen molar-refractivity contribution in [3.8, 4) is 5.75 Å². The van der Waals surface area contributed by atoms with Gasteiger partial charge in [0.25, 0.3) is 0 Å². The number of alkyl halides is 1. The standard InChI is InChI=1S/C24H24INO7.C11H13FO2.C3H6.CH3I.CH4S/c1-14(27)31-19-11-21(24(29)30-2)33-23(12-19)32-18-9-3-15(4-10-18)20-13-22(28)26(20)17-7-5-16(25)6-8-17;1-3-11(14-8(2)13)9-4-6-10(12)7-5-9;1-3-2;2*1-2/h3-10,19-21,23H,11-13H2,1-2H3;4-7,11H,3H2,1-2H3;3H,1H2,2H3;1H3;2H,1H3/t19?,20-,21-,23+;;;;/m0..../s1. The first-order valence-electron chi connectivity index (χ1n) is 17.0. The summed E-state index contributed by atoms with van der Waals surface area (Å²) in [5, 5.41) is 0. The molecule has 0 saturated carbocycles. The van der Waals surface area contributed by atoms with Crippen molar-refractivity contribution in [1.82, 2.24) is 0 Å². The number of benzene rings is 3. The predicted molar refractivity (Wildman–Crippen MR) is 228 cm³/mol. The average molecular weight is 994 g/mol. The SMILES string of the molecule is C=CC.CCC(OC(C)=O)c1ccc(F)cc1.CI.COC(=O)[C@@H]1CC(OC(C)=O)C[C@H](Oc2ccc([C@@H]3CC(=O)N3c3ccc(I)cc3)cc2)O1.CS. The molecular formula is C40H50FI2NO9S. The molecule has 0 aromatic heterocycles. The number of nitrogens with zero attached hydrogens (tertiary/aromatic N) is 1. The summed E-state index contributed by atoms with van der Waals surface area (Å²) in [6.45, 7) is 9.85. The third-order valence-electron chi connectivity index (χ3n) is 7.55. The zero-order valence-electron chi connectivity index (χ0n) is 31.6. The van der Waals surface area contributed by atoms with Crippen molar-refractivity contribution in [1.29, 1.82) is 0 Å². The molecule has 296 valence electrons. The number of carbonyl (C=O) groups is 4. The van der Waals surface area contributed by atoms with Crippen LogP contribution in [-0.4, -0.2) is 60.6 Å². The van der Waals surface area contributed by atoms with Crippen LogP contribution in [-0.2, 0) is 38.1 Å². The number of thiol groups is 1. The Balaban J connectivity index is 0.000000578. The molecule has 2 fully saturated rings. The van der Waals surface area contributed by atoms with Gasteiger partial charge in [0.1, 0.15) is 23.8 Å². The van der Waals surface area contributed by atoms with Crippen LogP contribution in [0.5, 0.6) is 5.75 Å². The average Bonchev–Trinajstić information content (AvgIpc) is 3.16. The summed E-state index contributed by atoms with van der Waals surface area (Å²) >= 11 is 7.91. The van der Waals surface area contributed by atoms with E-state index in [-0.39, 0.29) is 36.3 Å². The highest BCUT2D eigenvalue weighted by atomic mass is 127. The lowest BCUT2D eigenvalue weighted by Crippen LogP contribution is -2.46. The van der Waals surface area contributed by atoms with Crippen LogP contribution in [0.25, 0.3) is 0 Å². The van der Waals surface area contributed by atoms with E-state index in [0.717, 1.165) is 20.4 Å². The van der Waals surface area contributed by atoms with E-state index in [2.05, 4.69) is 64.4 Å². The van der Waals surface area contributed by atoms with Crippen LogP contribution in [0.2, 0.25) is 0 Å². The van der Waals surface area contributed by atoms with Gasteiger partial charge < -0.3 is 28.6 Å². The molecule has 14 heteroatoms. The number of β-lactam (4-membered cyclic amide) rings is 1. The molecular weight excluding hydrogens is 943 g/mol. The Morgan fingerprint density at radius 1 is 0.981 bits per heavy atom. The van der Waals surface area contributed by atoms with E-state index < -0.39 is 30.4 Å². The normalized spacial score (nSPS) is 18.6. The first kappa shape index (κ1) is 48.8. The van der Waals surface area contributed by atoms with E-state index in [1.54, 1.807) is 41.5 Å². The lowest BCUT2D eigenvalue weighted by molar-refractivity contribution is -0.204. The number of halogens is 3. The molecule has 2 saturated heterocycles. The smallest absolute Gasteiger partial charge is 0.335 e. The number of amides is 1. The van der Waals surface area contributed by atoms with Crippen molar-refractivity contribution < 1.29 is 47.3 Å². The first-order chi connectivity index (χ1) is 25.9. The summed E-state index contributed by atoms with van der Waals surface area (Å²) in [6, 6.07) is 21.2. The fourth-order valence-electron chi connectivity index (χ4n) is 5.33. The molecule has 2 aliphatic heterocycles. The zero-order valence-corrected chi connectivity index (χ0v) is 36.8. The third kappa shape index (κ3) is 16.3. The molecule has 5 rings (SSSR count). The van der Waals surface area contributed by atoms with E-state index in [1.807, 2.05) is 55.2 Å². The van der Waals surface area contributed by atoms with Gasteiger partial charge in [0.05, 0.1) is 19.6 Å². The number of esters is 3. The van der Waals surface area contributed by atoms with Gasteiger partial charge in [0.15, 0.2) is 6.10 Å². The van der Waals surface area contributed by atoms with Crippen LogP contribution in [0, 0.1) is 9.39 Å². The molecule has 54 heavy (non-hydrogen) atoms. The molecule has 0 N–H and O–H groups in total. The predicted octanol–water partition coefficient (Wildman–Crippen LogP) is 9.39. The zero-order chi connectivity index (χ0) is 40.8. The third-order valence-corrected chi connectivity index (χ3v) is 8.27. The summed E-state index contributed by atoms with van der Waals surface area (Å²) in [6.07, 6.45) is 2.67.